The topological polar surface area (TPSA) is 53.1 Å². The van der Waals surface area contributed by atoms with Gasteiger partial charge in [0, 0.05) is 6.07 Å². The molecule has 0 aliphatic carbocycles. The van der Waals surface area contributed by atoms with Gasteiger partial charge in [-0.2, -0.15) is 0 Å². The average molecular weight is 350 g/mol. The van der Waals surface area contributed by atoms with E-state index in [1.807, 2.05) is 28.8 Å². The highest BCUT2D eigenvalue weighted by Gasteiger charge is 2.12. The monoisotopic (exact) mass is 349 g/mol. The van der Waals surface area contributed by atoms with E-state index >= 15 is 0 Å². The van der Waals surface area contributed by atoms with E-state index in [2.05, 4.69) is 20.9 Å². The van der Waals surface area contributed by atoms with Gasteiger partial charge in [0.15, 0.2) is 0 Å². The van der Waals surface area contributed by atoms with E-state index in [1.54, 1.807) is 13.2 Å². The summed E-state index contributed by atoms with van der Waals surface area (Å²) in [6.07, 6.45) is 0. The number of benzene rings is 2. The summed E-state index contributed by atoms with van der Waals surface area (Å²) in [5.74, 6) is 0.779. The van der Waals surface area contributed by atoms with Crippen LogP contribution in [0.1, 0.15) is 5.56 Å². The van der Waals surface area contributed by atoms with Crippen LogP contribution in [0.5, 0.6) is 5.75 Å². The highest BCUT2D eigenvalue weighted by atomic mass is 79.9. The highest BCUT2D eigenvalue weighted by molar-refractivity contribution is 9.10. The Morgan fingerprint density at radius 2 is 2.14 bits per heavy atom. The largest absolute Gasteiger partial charge is 0.497 e. The van der Waals surface area contributed by atoms with E-state index < -0.39 is 0 Å². The van der Waals surface area contributed by atoms with Crippen molar-refractivity contribution >= 4 is 32.9 Å². The van der Waals surface area contributed by atoms with Gasteiger partial charge in [0.05, 0.1) is 29.2 Å². The second-order valence-corrected chi connectivity index (χ2v) is 5.52. The van der Waals surface area contributed by atoms with Gasteiger partial charge in [0.2, 0.25) is 5.95 Å². The Labute approximate surface area is 129 Å². The standard InChI is InChI=1S/C15H13BrFN3O/c1-21-10-4-2-3-9(5-10)8-20-14-6-11(16)12(17)7-13(14)19-15(20)18/h2-7H,8H2,1H3,(H2,18,19). The predicted molar refractivity (Wildman–Crippen MR) is 83.9 cm³/mol. The molecule has 2 aromatic carbocycles. The van der Waals surface area contributed by atoms with Crippen molar-refractivity contribution in [2.45, 2.75) is 6.54 Å². The lowest BCUT2D eigenvalue weighted by Gasteiger charge is -2.08. The van der Waals surface area contributed by atoms with Crippen LogP contribution >= 0.6 is 15.9 Å². The molecule has 3 rings (SSSR count). The summed E-state index contributed by atoms with van der Waals surface area (Å²) in [4.78, 5) is 4.20. The Kier molecular flexibility index (Phi) is 3.55. The number of nitrogens with two attached hydrogens (primary N) is 1. The number of halogens is 2. The second-order valence-electron chi connectivity index (χ2n) is 4.66. The quantitative estimate of drug-likeness (QED) is 0.786. The van der Waals surface area contributed by atoms with Crippen LogP contribution in [0.25, 0.3) is 11.0 Å². The van der Waals surface area contributed by atoms with E-state index in [0.29, 0.717) is 22.5 Å². The molecule has 0 unspecified atom stereocenters. The Bertz CT molecular complexity index is 816. The third-order valence-corrected chi connectivity index (χ3v) is 3.90. The number of fused-ring (bicyclic) bond motifs is 1. The molecule has 0 saturated carbocycles. The van der Waals surface area contributed by atoms with Gasteiger partial charge in [-0.05, 0) is 39.7 Å². The van der Waals surface area contributed by atoms with Gasteiger partial charge in [-0.15, -0.1) is 0 Å². The number of hydrogen-bond acceptors (Lipinski definition) is 3. The number of nitrogens with zero attached hydrogens (tertiary/aromatic N) is 2. The summed E-state index contributed by atoms with van der Waals surface area (Å²) in [5.41, 5.74) is 8.30. The normalized spacial score (nSPS) is 11.0. The van der Waals surface area contributed by atoms with Crippen LogP contribution in [-0.2, 0) is 6.54 Å². The van der Waals surface area contributed by atoms with Crippen molar-refractivity contribution in [1.82, 2.24) is 9.55 Å². The summed E-state index contributed by atoms with van der Waals surface area (Å²) in [6, 6.07) is 10.8. The fourth-order valence-electron chi connectivity index (χ4n) is 2.26. The smallest absolute Gasteiger partial charge is 0.201 e. The Hall–Kier alpha value is -2.08. The number of nitrogen functional groups attached to an aromatic ring is 1. The van der Waals surface area contributed by atoms with Crippen molar-refractivity contribution in [2.75, 3.05) is 12.8 Å². The minimum atomic E-state index is -0.353. The summed E-state index contributed by atoms with van der Waals surface area (Å²) in [7, 11) is 1.62. The van der Waals surface area contributed by atoms with Crippen LogP contribution in [0.3, 0.4) is 0 Å². The molecule has 21 heavy (non-hydrogen) atoms. The van der Waals surface area contributed by atoms with Gasteiger partial charge in [-0.3, -0.25) is 0 Å². The minimum Gasteiger partial charge on any atom is -0.497 e. The lowest BCUT2D eigenvalue weighted by molar-refractivity contribution is 0.414. The number of anilines is 1. The zero-order valence-electron chi connectivity index (χ0n) is 11.3. The second kappa shape index (κ2) is 5.37. The molecule has 0 fully saturated rings. The average Bonchev–Trinajstić information content (AvgIpc) is 2.76. The van der Waals surface area contributed by atoms with Crippen molar-refractivity contribution in [3.63, 3.8) is 0 Å². The summed E-state index contributed by atoms with van der Waals surface area (Å²) < 4.78 is 21.0. The number of imidazole rings is 1. The fourth-order valence-corrected chi connectivity index (χ4v) is 2.59. The molecule has 3 aromatic rings. The first-order chi connectivity index (χ1) is 10.1. The molecule has 0 spiro atoms. The van der Waals surface area contributed by atoms with Crippen molar-refractivity contribution in [2.24, 2.45) is 0 Å². The van der Waals surface area contributed by atoms with Gasteiger partial charge in [0.25, 0.3) is 0 Å². The lowest BCUT2D eigenvalue weighted by Crippen LogP contribution is -2.04. The molecule has 0 amide bonds. The van der Waals surface area contributed by atoms with Gasteiger partial charge in [-0.1, -0.05) is 12.1 Å². The Morgan fingerprint density at radius 3 is 2.90 bits per heavy atom. The maximum Gasteiger partial charge on any atom is 0.201 e. The zero-order valence-corrected chi connectivity index (χ0v) is 12.9. The van der Waals surface area contributed by atoms with E-state index in [4.69, 9.17) is 10.5 Å². The number of hydrogen-bond donors (Lipinski definition) is 1. The minimum absolute atomic E-state index is 0.352. The maximum atomic E-state index is 13.6. The molecular formula is C15H13BrFN3O. The molecular weight excluding hydrogens is 337 g/mol. The molecule has 1 heterocycles. The molecule has 0 bridgehead atoms. The van der Waals surface area contributed by atoms with Gasteiger partial charge in [-0.25, -0.2) is 9.37 Å². The Balaban J connectivity index is 2.07. The molecule has 4 nitrogen and oxygen atoms in total. The first-order valence-corrected chi connectivity index (χ1v) is 7.11. The summed E-state index contributed by atoms with van der Waals surface area (Å²) in [6.45, 7) is 0.539. The molecule has 0 atom stereocenters. The first kappa shape index (κ1) is 13.9. The van der Waals surface area contributed by atoms with Crippen molar-refractivity contribution in [3.05, 3.63) is 52.3 Å². The van der Waals surface area contributed by atoms with Crippen molar-refractivity contribution in [1.29, 1.82) is 0 Å². The molecule has 108 valence electrons. The molecule has 1 aromatic heterocycles. The van der Waals surface area contributed by atoms with Crippen molar-refractivity contribution < 1.29 is 9.13 Å². The summed E-state index contributed by atoms with van der Waals surface area (Å²) >= 11 is 3.19. The third kappa shape index (κ3) is 2.58. The number of aromatic nitrogens is 2. The highest BCUT2D eigenvalue weighted by Crippen LogP contribution is 2.26. The van der Waals surface area contributed by atoms with E-state index in [9.17, 15) is 4.39 Å². The SMILES string of the molecule is COc1cccc(Cn2c(N)nc3cc(F)c(Br)cc32)c1. The zero-order chi connectivity index (χ0) is 15.0. The fraction of sp³-hybridized carbons (Fsp3) is 0.133. The predicted octanol–water partition coefficient (Wildman–Crippen LogP) is 3.58. The van der Waals surface area contributed by atoms with E-state index in [0.717, 1.165) is 16.8 Å². The Morgan fingerprint density at radius 1 is 1.33 bits per heavy atom. The van der Waals surface area contributed by atoms with Gasteiger partial charge < -0.3 is 15.0 Å². The molecule has 0 aliphatic heterocycles. The molecule has 0 aliphatic rings. The lowest BCUT2D eigenvalue weighted by atomic mass is 10.2. The number of ether oxygens (including phenoxy) is 1. The van der Waals surface area contributed by atoms with Crippen LogP contribution < -0.4 is 10.5 Å². The third-order valence-electron chi connectivity index (χ3n) is 3.29. The summed E-state index contributed by atoms with van der Waals surface area (Å²) in [5, 5.41) is 0. The van der Waals surface area contributed by atoms with Crippen LogP contribution in [0.15, 0.2) is 40.9 Å². The van der Waals surface area contributed by atoms with E-state index in [-0.39, 0.29) is 5.82 Å². The number of rotatable bonds is 3. The molecule has 0 saturated heterocycles. The van der Waals surface area contributed by atoms with Crippen molar-refractivity contribution in [3.8, 4) is 5.75 Å². The van der Waals surface area contributed by atoms with Crippen LogP contribution in [0.2, 0.25) is 0 Å². The number of methoxy groups -OCH3 is 1. The molecule has 0 radical (unpaired) electrons. The van der Waals surface area contributed by atoms with Crippen LogP contribution in [0.4, 0.5) is 10.3 Å². The maximum absolute atomic E-state index is 13.6. The van der Waals surface area contributed by atoms with Crippen LogP contribution in [-0.4, -0.2) is 16.7 Å². The van der Waals surface area contributed by atoms with Gasteiger partial charge >= 0.3 is 0 Å². The van der Waals surface area contributed by atoms with Gasteiger partial charge in [0.1, 0.15) is 11.6 Å². The molecule has 2 N–H and O–H groups in total. The van der Waals surface area contributed by atoms with E-state index in [1.165, 1.54) is 6.07 Å². The molecule has 6 heteroatoms. The van der Waals surface area contributed by atoms with Crippen LogP contribution in [0, 0.1) is 5.82 Å². The first-order valence-electron chi connectivity index (χ1n) is 6.32.